The Kier molecular flexibility index (Phi) is 8.74. The molecule has 2 N–H and O–H groups in total. The number of halogens is 3. The number of rotatable bonds is 8. The van der Waals surface area contributed by atoms with E-state index in [1.807, 2.05) is 0 Å². The van der Waals surface area contributed by atoms with Crippen LogP contribution in [0.3, 0.4) is 0 Å². The molecule has 0 aliphatic carbocycles. The molecule has 6 nitrogen and oxygen atoms in total. The fraction of sp³-hybridized carbons (Fsp3) is 0.579. The normalized spacial score (nSPS) is 13.0. The minimum Gasteiger partial charge on any atom is -0.466 e. The Morgan fingerprint density at radius 2 is 1.86 bits per heavy atom. The Morgan fingerprint density at radius 3 is 2.43 bits per heavy atom. The third-order valence-electron chi connectivity index (χ3n) is 3.54. The number of hydrazine groups is 1. The number of benzene rings is 1. The zero-order valence-corrected chi connectivity index (χ0v) is 16.5. The van der Waals surface area contributed by atoms with Crippen molar-refractivity contribution in [2.45, 2.75) is 64.8 Å². The van der Waals surface area contributed by atoms with E-state index in [0.717, 1.165) is 12.1 Å². The predicted octanol–water partition coefficient (Wildman–Crippen LogP) is 4.51. The van der Waals surface area contributed by atoms with E-state index in [4.69, 9.17) is 9.47 Å². The van der Waals surface area contributed by atoms with Crippen LogP contribution in [0.15, 0.2) is 24.3 Å². The van der Waals surface area contributed by atoms with Gasteiger partial charge in [-0.05, 0) is 58.2 Å². The van der Waals surface area contributed by atoms with Gasteiger partial charge in [-0.3, -0.25) is 10.2 Å². The third kappa shape index (κ3) is 9.07. The zero-order valence-electron chi connectivity index (χ0n) is 16.5. The minimum atomic E-state index is -4.48. The molecule has 0 saturated heterocycles. The topological polar surface area (TPSA) is 76.7 Å². The van der Waals surface area contributed by atoms with Crippen LogP contribution in [0.5, 0.6) is 0 Å². The van der Waals surface area contributed by atoms with Gasteiger partial charge >= 0.3 is 18.2 Å². The van der Waals surface area contributed by atoms with Crippen LogP contribution in [-0.2, 0) is 20.4 Å². The number of alkyl halides is 3. The molecule has 0 radical (unpaired) electrons. The van der Waals surface area contributed by atoms with Gasteiger partial charge in [0, 0.05) is 6.42 Å². The lowest BCUT2D eigenvalue weighted by Gasteiger charge is -2.23. The smallest absolute Gasteiger partial charge is 0.422 e. The van der Waals surface area contributed by atoms with E-state index in [0.29, 0.717) is 18.4 Å². The molecule has 0 aromatic heterocycles. The standard InChI is InChI=1S/C19H27F3N2O4/c1-5-27-16(25)11-7-10-15(23-24-17(26)28-18(2,3)4)13-8-6-9-14(12-13)19(20,21)22/h6,8-9,12,15,23H,5,7,10-11H2,1-4H3,(H,24,26). The van der Waals surface area contributed by atoms with E-state index in [-0.39, 0.29) is 19.0 Å². The van der Waals surface area contributed by atoms with Crippen LogP contribution in [0, 0.1) is 0 Å². The Labute approximate surface area is 162 Å². The summed E-state index contributed by atoms with van der Waals surface area (Å²) < 4.78 is 49.0. The monoisotopic (exact) mass is 404 g/mol. The van der Waals surface area contributed by atoms with Crippen molar-refractivity contribution >= 4 is 12.1 Å². The number of esters is 1. The van der Waals surface area contributed by atoms with E-state index >= 15 is 0 Å². The van der Waals surface area contributed by atoms with E-state index in [2.05, 4.69) is 10.9 Å². The summed E-state index contributed by atoms with van der Waals surface area (Å²) in [6.07, 6.45) is -4.45. The summed E-state index contributed by atoms with van der Waals surface area (Å²) in [5.74, 6) is -0.384. The summed E-state index contributed by atoms with van der Waals surface area (Å²) in [6, 6.07) is 4.16. The van der Waals surface area contributed by atoms with Crippen molar-refractivity contribution in [2.75, 3.05) is 6.61 Å². The highest BCUT2D eigenvalue weighted by Crippen LogP contribution is 2.31. The van der Waals surface area contributed by atoms with E-state index < -0.39 is 29.5 Å². The molecular formula is C19H27F3N2O4. The van der Waals surface area contributed by atoms with Crippen LogP contribution in [0.1, 0.15) is 64.1 Å². The quantitative estimate of drug-likeness (QED) is 0.493. The second-order valence-corrected chi connectivity index (χ2v) is 7.14. The molecule has 0 aliphatic heterocycles. The van der Waals surface area contributed by atoms with Crippen molar-refractivity contribution in [1.82, 2.24) is 10.9 Å². The van der Waals surface area contributed by atoms with Crippen LogP contribution >= 0.6 is 0 Å². The fourth-order valence-corrected chi connectivity index (χ4v) is 2.39. The molecule has 28 heavy (non-hydrogen) atoms. The van der Waals surface area contributed by atoms with Crippen molar-refractivity contribution in [2.24, 2.45) is 0 Å². The van der Waals surface area contributed by atoms with Gasteiger partial charge < -0.3 is 9.47 Å². The number of ether oxygens (including phenoxy) is 2. The van der Waals surface area contributed by atoms with Gasteiger partial charge in [-0.15, -0.1) is 0 Å². The Balaban J connectivity index is 2.85. The van der Waals surface area contributed by atoms with Gasteiger partial charge in [0.05, 0.1) is 18.2 Å². The maximum atomic E-state index is 13.0. The van der Waals surface area contributed by atoms with Crippen LogP contribution in [0.4, 0.5) is 18.0 Å². The Hall–Kier alpha value is -2.29. The Bertz CT molecular complexity index is 657. The van der Waals surface area contributed by atoms with Gasteiger partial charge in [0.2, 0.25) is 0 Å². The largest absolute Gasteiger partial charge is 0.466 e. The van der Waals surface area contributed by atoms with Crippen LogP contribution in [0.25, 0.3) is 0 Å². The second kappa shape index (κ2) is 10.3. The maximum absolute atomic E-state index is 13.0. The van der Waals surface area contributed by atoms with Crippen LogP contribution in [-0.4, -0.2) is 24.3 Å². The number of hydrogen-bond donors (Lipinski definition) is 2. The molecule has 158 valence electrons. The SMILES string of the molecule is CCOC(=O)CCCC(NNC(=O)OC(C)(C)C)c1cccc(C(F)(F)F)c1. The van der Waals surface area contributed by atoms with Crippen molar-refractivity contribution in [3.8, 4) is 0 Å². The van der Waals surface area contributed by atoms with Gasteiger partial charge in [-0.25, -0.2) is 10.2 Å². The first-order valence-corrected chi connectivity index (χ1v) is 8.99. The number of carbonyl (C=O) groups excluding carboxylic acids is 2. The van der Waals surface area contributed by atoms with E-state index in [1.165, 1.54) is 12.1 Å². The number of amides is 1. The van der Waals surface area contributed by atoms with Gasteiger partial charge in [0.25, 0.3) is 0 Å². The molecule has 1 atom stereocenters. The predicted molar refractivity (Wildman–Crippen MR) is 97.2 cm³/mol. The minimum absolute atomic E-state index is 0.122. The summed E-state index contributed by atoms with van der Waals surface area (Å²) in [4.78, 5) is 23.3. The van der Waals surface area contributed by atoms with Crippen molar-refractivity contribution in [3.63, 3.8) is 0 Å². The summed E-state index contributed by atoms with van der Waals surface area (Å²) in [7, 11) is 0. The lowest BCUT2D eigenvalue weighted by molar-refractivity contribution is -0.143. The van der Waals surface area contributed by atoms with Gasteiger partial charge in [0.15, 0.2) is 0 Å². The lowest BCUT2D eigenvalue weighted by Crippen LogP contribution is -2.43. The molecule has 1 unspecified atom stereocenters. The Morgan fingerprint density at radius 1 is 1.18 bits per heavy atom. The fourth-order valence-electron chi connectivity index (χ4n) is 2.39. The average Bonchev–Trinajstić information content (AvgIpc) is 2.56. The van der Waals surface area contributed by atoms with Crippen molar-refractivity contribution < 1.29 is 32.2 Å². The highest BCUT2D eigenvalue weighted by Gasteiger charge is 2.31. The molecule has 1 aromatic carbocycles. The first-order valence-electron chi connectivity index (χ1n) is 8.99. The number of hydrogen-bond acceptors (Lipinski definition) is 5. The number of nitrogens with one attached hydrogen (secondary N) is 2. The molecule has 0 saturated carbocycles. The highest BCUT2D eigenvalue weighted by molar-refractivity contribution is 5.69. The maximum Gasteiger partial charge on any atom is 0.422 e. The molecule has 9 heteroatoms. The number of carbonyl (C=O) groups is 2. The summed E-state index contributed by atoms with van der Waals surface area (Å²) >= 11 is 0. The zero-order chi connectivity index (χ0) is 21.4. The molecule has 1 aromatic rings. The third-order valence-corrected chi connectivity index (χ3v) is 3.54. The average molecular weight is 404 g/mol. The summed E-state index contributed by atoms with van der Waals surface area (Å²) in [6.45, 7) is 7.02. The van der Waals surface area contributed by atoms with Gasteiger partial charge in [-0.2, -0.15) is 13.2 Å². The summed E-state index contributed by atoms with van der Waals surface area (Å²) in [5.41, 5.74) is 3.86. The highest BCUT2D eigenvalue weighted by atomic mass is 19.4. The molecule has 0 bridgehead atoms. The lowest BCUT2D eigenvalue weighted by atomic mass is 9.99. The molecule has 0 aliphatic rings. The molecule has 0 heterocycles. The molecule has 1 amide bonds. The van der Waals surface area contributed by atoms with Gasteiger partial charge in [0.1, 0.15) is 5.60 Å². The second-order valence-electron chi connectivity index (χ2n) is 7.14. The van der Waals surface area contributed by atoms with Crippen molar-refractivity contribution in [3.05, 3.63) is 35.4 Å². The van der Waals surface area contributed by atoms with Gasteiger partial charge in [-0.1, -0.05) is 12.1 Å². The van der Waals surface area contributed by atoms with Crippen molar-refractivity contribution in [1.29, 1.82) is 0 Å². The first kappa shape index (κ1) is 23.7. The molecule has 0 spiro atoms. The van der Waals surface area contributed by atoms with E-state index in [1.54, 1.807) is 27.7 Å². The molecule has 1 rings (SSSR count). The molecule has 0 fully saturated rings. The van der Waals surface area contributed by atoms with E-state index in [9.17, 15) is 22.8 Å². The summed E-state index contributed by atoms with van der Waals surface area (Å²) in [5, 5.41) is 0. The molecular weight excluding hydrogens is 377 g/mol. The van der Waals surface area contributed by atoms with Crippen LogP contribution < -0.4 is 10.9 Å². The first-order chi connectivity index (χ1) is 12.9. The van der Waals surface area contributed by atoms with Crippen LogP contribution in [0.2, 0.25) is 0 Å².